The van der Waals surface area contributed by atoms with Gasteiger partial charge in [-0.05, 0) is 31.4 Å². The van der Waals surface area contributed by atoms with Crippen molar-refractivity contribution in [1.29, 1.82) is 0 Å². The van der Waals surface area contributed by atoms with E-state index in [0.29, 0.717) is 18.1 Å². The van der Waals surface area contributed by atoms with E-state index in [1.165, 1.54) is 16.2 Å². The lowest BCUT2D eigenvalue weighted by atomic mass is 10.0. The van der Waals surface area contributed by atoms with Gasteiger partial charge in [0.15, 0.2) is 0 Å². The highest BCUT2D eigenvalue weighted by Crippen LogP contribution is 2.27. The monoisotopic (exact) mass is 359 g/mol. The Morgan fingerprint density at radius 3 is 2.59 bits per heavy atom. The molecule has 0 saturated heterocycles. The fourth-order valence-electron chi connectivity index (χ4n) is 3.58. The van der Waals surface area contributed by atoms with Crippen LogP contribution in [-0.2, 0) is 17.8 Å². The van der Waals surface area contributed by atoms with Gasteiger partial charge in [-0.3, -0.25) is 14.2 Å². The number of amides is 1. The van der Waals surface area contributed by atoms with Gasteiger partial charge in [-0.1, -0.05) is 48.5 Å². The van der Waals surface area contributed by atoms with E-state index in [1.807, 2.05) is 48.5 Å². The Labute approximate surface area is 157 Å². The lowest BCUT2D eigenvalue weighted by Gasteiger charge is -2.29. The van der Waals surface area contributed by atoms with Gasteiger partial charge in [-0.25, -0.2) is 4.98 Å². The molecule has 3 aromatic rings. The van der Waals surface area contributed by atoms with Crippen LogP contribution in [0.4, 0.5) is 5.69 Å². The van der Waals surface area contributed by atoms with E-state index in [9.17, 15) is 9.59 Å². The number of hydrogen-bond acceptors (Lipinski definition) is 3. The van der Waals surface area contributed by atoms with Crippen molar-refractivity contribution in [1.82, 2.24) is 9.55 Å². The van der Waals surface area contributed by atoms with Crippen LogP contribution in [-0.4, -0.2) is 22.0 Å². The predicted molar refractivity (Wildman–Crippen MR) is 106 cm³/mol. The first-order chi connectivity index (χ1) is 13.1. The first-order valence-electron chi connectivity index (χ1n) is 9.15. The van der Waals surface area contributed by atoms with Crippen LogP contribution >= 0.6 is 0 Å². The number of anilines is 1. The van der Waals surface area contributed by atoms with Crippen LogP contribution in [0.25, 0.3) is 11.3 Å². The molecule has 1 aliphatic rings. The summed E-state index contributed by atoms with van der Waals surface area (Å²) in [5, 5.41) is 0. The smallest absolute Gasteiger partial charge is 0.254 e. The summed E-state index contributed by atoms with van der Waals surface area (Å²) in [5.41, 5.74) is 3.44. The normalized spacial score (nSPS) is 13.3. The predicted octanol–water partition coefficient (Wildman–Crippen LogP) is 3.20. The summed E-state index contributed by atoms with van der Waals surface area (Å²) in [6, 6.07) is 19.0. The van der Waals surface area contributed by atoms with Crippen LogP contribution in [0.1, 0.15) is 17.8 Å². The fourth-order valence-corrected chi connectivity index (χ4v) is 3.58. The van der Waals surface area contributed by atoms with Crippen LogP contribution in [0.3, 0.4) is 0 Å². The number of hydrogen-bond donors (Lipinski definition) is 0. The number of aromatic nitrogens is 2. The topological polar surface area (TPSA) is 55.2 Å². The van der Waals surface area contributed by atoms with Gasteiger partial charge in [0.1, 0.15) is 12.4 Å². The SMILES string of the molecule is Cc1nc(-c2ccccc2)cc(=O)n1CC(=O)N1CCCc2ccccc21. The summed E-state index contributed by atoms with van der Waals surface area (Å²) in [7, 11) is 0. The lowest BCUT2D eigenvalue weighted by molar-refractivity contribution is -0.119. The van der Waals surface area contributed by atoms with Gasteiger partial charge in [0.25, 0.3) is 5.56 Å². The molecule has 5 heteroatoms. The molecule has 0 N–H and O–H groups in total. The maximum atomic E-state index is 12.9. The Hall–Kier alpha value is -3.21. The highest BCUT2D eigenvalue weighted by molar-refractivity contribution is 5.94. The zero-order valence-corrected chi connectivity index (χ0v) is 15.3. The number of benzene rings is 2. The number of carbonyl (C=O) groups is 1. The molecule has 0 unspecified atom stereocenters. The zero-order valence-electron chi connectivity index (χ0n) is 15.3. The van der Waals surface area contributed by atoms with Crippen LogP contribution in [0.15, 0.2) is 65.5 Å². The molecule has 0 saturated carbocycles. The van der Waals surface area contributed by atoms with Crippen molar-refractivity contribution in [3.05, 3.63) is 82.4 Å². The standard InChI is InChI=1S/C22H21N3O2/c1-16-23-19(17-8-3-2-4-9-17)14-21(26)25(16)15-22(27)24-13-7-11-18-10-5-6-12-20(18)24/h2-6,8-10,12,14H,7,11,13,15H2,1H3. The molecule has 0 fully saturated rings. The van der Waals surface area contributed by atoms with Crippen molar-refractivity contribution >= 4 is 11.6 Å². The van der Waals surface area contributed by atoms with E-state index in [4.69, 9.17) is 0 Å². The number of fused-ring (bicyclic) bond motifs is 1. The largest absolute Gasteiger partial charge is 0.311 e. The van der Waals surface area contributed by atoms with Gasteiger partial charge in [-0.15, -0.1) is 0 Å². The molecule has 2 aromatic carbocycles. The Bertz CT molecular complexity index is 1040. The zero-order chi connectivity index (χ0) is 18.8. The van der Waals surface area contributed by atoms with E-state index in [1.54, 1.807) is 11.8 Å². The van der Waals surface area contributed by atoms with Crippen LogP contribution in [0.2, 0.25) is 0 Å². The highest BCUT2D eigenvalue weighted by Gasteiger charge is 2.23. The summed E-state index contributed by atoms with van der Waals surface area (Å²) in [4.78, 5) is 31.9. The Morgan fingerprint density at radius 2 is 1.81 bits per heavy atom. The molecule has 0 spiro atoms. The molecule has 1 aliphatic heterocycles. The molecule has 136 valence electrons. The highest BCUT2D eigenvalue weighted by atomic mass is 16.2. The second-order valence-electron chi connectivity index (χ2n) is 6.76. The van der Waals surface area contributed by atoms with E-state index in [-0.39, 0.29) is 18.0 Å². The maximum Gasteiger partial charge on any atom is 0.254 e. The minimum absolute atomic E-state index is 0.00106. The molecule has 1 aromatic heterocycles. The van der Waals surface area contributed by atoms with Crippen molar-refractivity contribution in [3.63, 3.8) is 0 Å². The minimum Gasteiger partial charge on any atom is -0.311 e. The summed E-state index contributed by atoms with van der Waals surface area (Å²) >= 11 is 0. The van der Waals surface area contributed by atoms with Crippen molar-refractivity contribution in [2.45, 2.75) is 26.3 Å². The van der Waals surface area contributed by atoms with Gasteiger partial charge >= 0.3 is 0 Å². The molecular weight excluding hydrogens is 338 g/mol. The fraction of sp³-hybridized carbons (Fsp3) is 0.227. The molecular formula is C22H21N3O2. The summed E-state index contributed by atoms with van der Waals surface area (Å²) in [6.07, 6.45) is 1.91. The maximum absolute atomic E-state index is 12.9. The molecule has 5 nitrogen and oxygen atoms in total. The van der Waals surface area contributed by atoms with Crippen LogP contribution in [0.5, 0.6) is 0 Å². The molecule has 1 amide bonds. The van der Waals surface area contributed by atoms with Gasteiger partial charge in [0, 0.05) is 23.9 Å². The van der Waals surface area contributed by atoms with Gasteiger partial charge in [0.2, 0.25) is 5.91 Å². The number of carbonyl (C=O) groups excluding carboxylic acids is 1. The van der Waals surface area contributed by atoms with Crippen LogP contribution in [0, 0.1) is 6.92 Å². The quantitative estimate of drug-likeness (QED) is 0.722. The van der Waals surface area contributed by atoms with E-state index in [2.05, 4.69) is 11.1 Å². The second kappa shape index (κ2) is 7.19. The van der Waals surface area contributed by atoms with Crippen molar-refractivity contribution in [2.75, 3.05) is 11.4 Å². The summed E-state index contributed by atoms with van der Waals surface area (Å²) in [6.45, 7) is 2.45. The summed E-state index contributed by atoms with van der Waals surface area (Å²) < 4.78 is 1.45. The van der Waals surface area contributed by atoms with E-state index < -0.39 is 0 Å². The average Bonchev–Trinajstić information content (AvgIpc) is 2.70. The third-order valence-corrected chi connectivity index (χ3v) is 4.97. The molecule has 0 aliphatic carbocycles. The van der Waals surface area contributed by atoms with Crippen molar-refractivity contribution in [2.24, 2.45) is 0 Å². The number of nitrogens with zero attached hydrogens (tertiary/aromatic N) is 3. The molecule has 4 rings (SSSR count). The minimum atomic E-state index is -0.208. The first kappa shape index (κ1) is 17.2. The molecule has 27 heavy (non-hydrogen) atoms. The van der Waals surface area contributed by atoms with Gasteiger partial charge in [-0.2, -0.15) is 0 Å². The first-order valence-corrected chi connectivity index (χ1v) is 9.15. The summed E-state index contributed by atoms with van der Waals surface area (Å²) in [5.74, 6) is 0.460. The van der Waals surface area contributed by atoms with Gasteiger partial charge < -0.3 is 4.90 Å². The third kappa shape index (κ3) is 3.40. The molecule has 0 radical (unpaired) electrons. The van der Waals surface area contributed by atoms with Gasteiger partial charge in [0.05, 0.1) is 5.69 Å². The Balaban J connectivity index is 1.62. The van der Waals surface area contributed by atoms with Crippen LogP contribution < -0.4 is 10.5 Å². The van der Waals surface area contributed by atoms with Crippen molar-refractivity contribution < 1.29 is 4.79 Å². The Morgan fingerprint density at radius 1 is 1.07 bits per heavy atom. The van der Waals surface area contributed by atoms with E-state index in [0.717, 1.165) is 24.1 Å². The molecule has 0 bridgehead atoms. The molecule has 0 atom stereocenters. The Kier molecular flexibility index (Phi) is 4.59. The van der Waals surface area contributed by atoms with E-state index >= 15 is 0 Å². The third-order valence-electron chi connectivity index (χ3n) is 4.97. The lowest BCUT2D eigenvalue weighted by Crippen LogP contribution is -2.40. The van der Waals surface area contributed by atoms with Crippen molar-refractivity contribution in [3.8, 4) is 11.3 Å². The molecule has 2 heterocycles. The average molecular weight is 359 g/mol. The second-order valence-corrected chi connectivity index (χ2v) is 6.76. The number of para-hydroxylation sites is 1. The number of aryl methyl sites for hydroxylation is 2. The number of rotatable bonds is 3.